The summed E-state index contributed by atoms with van der Waals surface area (Å²) in [7, 11) is 1.50. The van der Waals surface area contributed by atoms with Crippen molar-refractivity contribution in [2.75, 3.05) is 17.7 Å². The van der Waals surface area contributed by atoms with E-state index >= 15 is 0 Å². The molecular formula is C15H19ClN4O3. The van der Waals surface area contributed by atoms with Crippen LogP contribution in [-0.2, 0) is 20.1 Å². The van der Waals surface area contributed by atoms with Crippen LogP contribution in [0, 0.1) is 0 Å². The number of aromatic nitrogens is 2. The second kappa shape index (κ2) is 7.34. The van der Waals surface area contributed by atoms with Crippen molar-refractivity contribution < 1.29 is 5.11 Å². The minimum atomic E-state index is -0.502. The maximum Gasteiger partial charge on any atom is 0.332 e. The van der Waals surface area contributed by atoms with Crippen molar-refractivity contribution in [3.63, 3.8) is 0 Å². The Morgan fingerprint density at radius 1 is 1.26 bits per heavy atom. The van der Waals surface area contributed by atoms with E-state index in [0.717, 1.165) is 10.1 Å². The van der Waals surface area contributed by atoms with Gasteiger partial charge in [0.25, 0.3) is 5.56 Å². The molecular weight excluding hydrogens is 320 g/mol. The maximum absolute atomic E-state index is 12.4. The summed E-state index contributed by atoms with van der Waals surface area (Å²) in [5, 5.41) is 12.5. The predicted octanol–water partition coefficient (Wildman–Crippen LogP) is 0.777. The minimum Gasteiger partial charge on any atom is -0.396 e. The van der Waals surface area contributed by atoms with Gasteiger partial charge in [-0.05, 0) is 24.1 Å². The van der Waals surface area contributed by atoms with Crippen LogP contribution in [0.3, 0.4) is 0 Å². The Morgan fingerprint density at radius 3 is 2.52 bits per heavy atom. The Hall–Kier alpha value is -2.25. The Labute approximate surface area is 137 Å². The van der Waals surface area contributed by atoms with Gasteiger partial charge in [0.15, 0.2) is 0 Å². The van der Waals surface area contributed by atoms with Crippen molar-refractivity contribution in [2.45, 2.75) is 19.5 Å². The van der Waals surface area contributed by atoms with Gasteiger partial charge in [-0.2, -0.15) is 0 Å². The van der Waals surface area contributed by atoms with Gasteiger partial charge in [-0.1, -0.05) is 23.7 Å². The third-order valence-corrected chi connectivity index (χ3v) is 3.77. The molecule has 7 nitrogen and oxygen atoms in total. The summed E-state index contributed by atoms with van der Waals surface area (Å²) in [5.41, 5.74) is 5.98. The molecule has 0 atom stereocenters. The van der Waals surface area contributed by atoms with Crippen molar-refractivity contribution in [3.8, 4) is 0 Å². The van der Waals surface area contributed by atoms with Gasteiger partial charge in [-0.15, -0.1) is 0 Å². The molecule has 0 fully saturated rings. The van der Waals surface area contributed by atoms with E-state index < -0.39 is 11.2 Å². The molecule has 0 unspecified atom stereocenters. The summed E-state index contributed by atoms with van der Waals surface area (Å²) in [6.45, 7) is 0.403. The van der Waals surface area contributed by atoms with E-state index in [2.05, 4.69) is 5.32 Å². The molecule has 0 amide bonds. The number of halogens is 1. The topological polar surface area (TPSA) is 102 Å². The zero-order valence-corrected chi connectivity index (χ0v) is 13.5. The van der Waals surface area contributed by atoms with Crippen molar-refractivity contribution >= 4 is 23.1 Å². The highest BCUT2D eigenvalue weighted by atomic mass is 35.5. The molecule has 0 saturated heterocycles. The van der Waals surface area contributed by atoms with Crippen molar-refractivity contribution in [1.82, 2.24) is 9.13 Å². The summed E-state index contributed by atoms with van der Waals surface area (Å²) < 4.78 is 2.28. The minimum absolute atomic E-state index is 0.0780. The van der Waals surface area contributed by atoms with Crippen LogP contribution in [-0.4, -0.2) is 20.8 Å². The first-order chi connectivity index (χ1) is 11.0. The van der Waals surface area contributed by atoms with Gasteiger partial charge in [0, 0.05) is 31.8 Å². The van der Waals surface area contributed by atoms with Gasteiger partial charge in [0.2, 0.25) is 0 Å². The fourth-order valence-corrected chi connectivity index (χ4v) is 2.29. The number of aliphatic hydroxyl groups excluding tert-OH is 1. The molecule has 8 heteroatoms. The van der Waals surface area contributed by atoms with E-state index in [1.54, 1.807) is 12.1 Å². The second-order valence-electron chi connectivity index (χ2n) is 5.12. The summed E-state index contributed by atoms with van der Waals surface area (Å²) in [5.74, 6) is 0.0780. The van der Waals surface area contributed by atoms with Gasteiger partial charge >= 0.3 is 5.69 Å². The zero-order chi connectivity index (χ0) is 17.0. The van der Waals surface area contributed by atoms with E-state index in [0.29, 0.717) is 18.0 Å². The van der Waals surface area contributed by atoms with Crippen LogP contribution in [0.25, 0.3) is 0 Å². The Kier molecular flexibility index (Phi) is 5.46. The normalized spacial score (nSPS) is 10.7. The first-order valence-electron chi connectivity index (χ1n) is 7.14. The molecule has 0 aliphatic heterocycles. The number of nitrogen functional groups attached to an aromatic ring is 1. The molecule has 0 radical (unpaired) electrons. The third-order valence-electron chi connectivity index (χ3n) is 3.52. The molecule has 1 heterocycles. The van der Waals surface area contributed by atoms with Crippen molar-refractivity contribution in [1.29, 1.82) is 0 Å². The molecule has 0 aliphatic carbocycles. The quantitative estimate of drug-likeness (QED) is 0.722. The summed E-state index contributed by atoms with van der Waals surface area (Å²) in [6, 6.07) is 7.17. The monoisotopic (exact) mass is 338 g/mol. The average Bonchev–Trinajstić information content (AvgIpc) is 2.54. The van der Waals surface area contributed by atoms with Gasteiger partial charge < -0.3 is 16.2 Å². The maximum atomic E-state index is 12.4. The summed E-state index contributed by atoms with van der Waals surface area (Å²) >= 11 is 5.83. The van der Waals surface area contributed by atoms with E-state index in [-0.39, 0.29) is 24.7 Å². The second-order valence-corrected chi connectivity index (χ2v) is 5.55. The number of nitrogens with one attached hydrogen (secondary N) is 1. The highest BCUT2D eigenvalue weighted by Crippen LogP contribution is 2.13. The lowest BCUT2D eigenvalue weighted by Crippen LogP contribution is -2.41. The van der Waals surface area contributed by atoms with Crippen LogP contribution in [0.15, 0.2) is 33.9 Å². The molecule has 0 spiro atoms. The Morgan fingerprint density at radius 2 is 1.91 bits per heavy atom. The van der Waals surface area contributed by atoms with E-state index in [4.69, 9.17) is 22.4 Å². The molecule has 23 heavy (non-hydrogen) atoms. The van der Waals surface area contributed by atoms with Gasteiger partial charge in [-0.3, -0.25) is 13.9 Å². The zero-order valence-electron chi connectivity index (χ0n) is 12.8. The summed E-state index contributed by atoms with van der Waals surface area (Å²) in [6.07, 6.45) is 0.315. The smallest absolute Gasteiger partial charge is 0.332 e. The molecule has 1 aromatic heterocycles. The van der Waals surface area contributed by atoms with Crippen LogP contribution in [0.2, 0.25) is 5.02 Å². The number of hydrogen-bond donors (Lipinski definition) is 3. The number of rotatable bonds is 6. The van der Waals surface area contributed by atoms with Gasteiger partial charge in [0.1, 0.15) is 11.5 Å². The molecule has 0 saturated carbocycles. The molecule has 0 aliphatic rings. The van der Waals surface area contributed by atoms with Crippen LogP contribution >= 0.6 is 11.6 Å². The first-order valence-corrected chi connectivity index (χ1v) is 7.52. The lowest BCUT2D eigenvalue weighted by molar-refractivity contribution is 0.277. The number of hydrogen-bond acceptors (Lipinski definition) is 5. The number of anilines is 2. The molecule has 124 valence electrons. The Bertz CT molecular complexity index is 796. The molecule has 2 aromatic rings. The fourth-order valence-electron chi connectivity index (χ4n) is 2.17. The van der Waals surface area contributed by atoms with Gasteiger partial charge in [0.05, 0.1) is 0 Å². The lowest BCUT2D eigenvalue weighted by atomic mass is 10.2. The third kappa shape index (κ3) is 3.75. The average molecular weight is 339 g/mol. The van der Waals surface area contributed by atoms with Crippen molar-refractivity contribution in [3.05, 3.63) is 55.7 Å². The standard InChI is InChI=1S/C15H19ClN4O3/c1-19-13(17)12(14(22)20(15(19)23)7-2-8-21)18-9-10-3-5-11(16)6-4-10/h3-6,18,21H,2,7-9,17H2,1H3. The SMILES string of the molecule is Cn1c(N)c(NCc2ccc(Cl)cc2)c(=O)n(CCCO)c1=O. The van der Waals surface area contributed by atoms with Gasteiger partial charge in [-0.25, -0.2) is 4.79 Å². The molecule has 4 N–H and O–H groups in total. The van der Waals surface area contributed by atoms with E-state index in [9.17, 15) is 9.59 Å². The predicted molar refractivity (Wildman–Crippen MR) is 90.8 cm³/mol. The van der Waals surface area contributed by atoms with E-state index in [1.165, 1.54) is 11.6 Å². The lowest BCUT2D eigenvalue weighted by Gasteiger charge is -2.15. The highest BCUT2D eigenvalue weighted by Gasteiger charge is 2.14. The number of nitrogens with zero attached hydrogens (tertiary/aromatic N) is 2. The largest absolute Gasteiger partial charge is 0.396 e. The van der Waals surface area contributed by atoms with Crippen molar-refractivity contribution in [2.24, 2.45) is 7.05 Å². The van der Waals surface area contributed by atoms with Crippen LogP contribution in [0.5, 0.6) is 0 Å². The Balaban J connectivity index is 2.33. The summed E-state index contributed by atoms with van der Waals surface area (Å²) in [4.78, 5) is 24.6. The van der Waals surface area contributed by atoms with Crippen LogP contribution < -0.4 is 22.3 Å². The van der Waals surface area contributed by atoms with Crippen LogP contribution in [0.4, 0.5) is 11.5 Å². The van der Waals surface area contributed by atoms with Crippen LogP contribution in [0.1, 0.15) is 12.0 Å². The highest BCUT2D eigenvalue weighted by molar-refractivity contribution is 6.30. The number of aliphatic hydroxyl groups is 1. The van der Waals surface area contributed by atoms with E-state index in [1.807, 2.05) is 12.1 Å². The number of benzene rings is 1. The molecule has 0 bridgehead atoms. The molecule has 1 aromatic carbocycles. The molecule has 2 rings (SSSR count). The number of nitrogens with two attached hydrogens (primary N) is 1. The fraction of sp³-hybridized carbons (Fsp3) is 0.333. The first kappa shape index (κ1) is 17.1.